The number of ether oxygens (including phenoxy) is 2. The molecule has 0 fully saturated rings. The van der Waals surface area contributed by atoms with Gasteiger partial charge in [-0.3, -0.25) is 9.59 Å². The number of benzene rings is 3. The predicted molar refractivity (Wildman–Crippen MR) is 167 cm³/mol. The second-order valence-corrected chi connectivity index (χ2v) is 9.19. The van der Waals surface area contributed by atoms with Crippen LogP contribution in [-0.2, 0) is 4.74 Å². The van der Waals surface area contributed by atoms with Crippen molar-refractivity contribution in [3.05, 3.63) is 138 Å². The largest absolute Gasteiger partial charge is 0.490 e. The van der Waals surface area contributed by atoms with E-state index in [0.717, 1.165) is 40.9 Å². The zero-order chi connectivity index (χ0) is 29.6. The van der Waals surface area contributed by atoms with Crippen LogP contribution in [0.15, 0.2) is 132 Å². The molecule has 0 heterocycles. The van der Waals surface area contributed by atoms with Crippen LogP contribution in [0.3, 0.4) is 0 Å². The molecule has 2 amide bonds. The van der Waals surface area contributed by atoms with Gasteiger partial charge in [-0.15, -0.1) is 0 Å². The van der Waals surface area contributed by atoms with E-state index in [0.29, 0.717) is 30.1 Å². The van der Waals surface area contributed by atoms with Crippen LogP contribution in [0.1, 0.15) is 39.1 Å². The average Bonchev–Trinajstić information content (AvgIpc) is 3.03. The van der Waals surface area contributed by atoms with E-state index in [1.807, 2.05) is 60.7 Å². The summed E-state index contributed by atoms with van der Waals surface area (Å²) in [7, 11) is 0. The zero-order valence-electron chi connectivity index (χ0n) is 23.2. The molecular formula is C34H32N4O4. The Morgan fingerprint density at radius 3 is 2.00 bits per heavy atom. The highest BCUT2D eigenvalue weighted by molar-refractivity contribution is 5.96. The van der Waals surface area contributed by atoms with Gasteiger partial charge in [0.05, 0.1) is 12.4 Å². The Morgan fingerprint density at radius 1 is 0.786 bits per heavy atom. The average molecular weight is 561 g/mol. The van der Waals surface area contributed by atoms with Crippen LogP contribution in [0.25, 0.3) is 11.1 Å². The van der Waals surface area contributed by atoms with Gasteiger partial charge >= 0.3 is 0 Å². The summed E-state index contributed by atoms with van der Waals surface area (Å²) in [4.78, 5) is 25.1. The zero-order valence-corrected chi connectivity index (χ0v) is 23.2. The molecular weight excluding hydrogens is 528 g/mol. The smallest absolute Gasteiger partial charge is 0.271 e. The van der Waals surface area contributed by atoms with Crippen molar-refractivity contribution in [2.45, 2.75) is 12.8 Å². The fraction of sp³-hybridized carbons (Fsp3) is 0.118. The summed E-state index contributed by atoms with van der Waals surface area (Å²) in [5, 5.41) is 8.14. The lowest BCUT2D eigenvalue weighted by Gasteiger charge is -2.11. The topological polar surface area (TPSA) is 101 Å². The van der Waals surface area contributed by atoms with Crippen molar-refractivity contribution in [2.75, 3.05) is 13.2 Å². The molecule has 212 valence electrons. The van der Waals surface area contributed by atoms with Gasteiger partial charge in [-0.25, -0.2) is 10.9 Å². The van der Waals surface area contributed by atoms with Crippen LogP contribution in [0, 0.1) is 0 Å². The second-order valence-electron chi connectivity index (χ2n) is 9.19. The molecule has 0 aliphatic heterocycles. The first-order valence-electron chi connectivity index (χ1n) is 13.4. The van der Waals surface area contributed by atoms with E-state index in [2.05, 4.69) is 34.2 Å². The molecule has 42 heavy (non-hydrogen) atoms. The number of amides is 2. The Kier molecular flexibility index (Phi) is 10.8. The molecule has 0 atom stereocenters. The van der Waals surface area contributed by atoms with Gasteiger partial charge in [0.1, 0.15) is 24.7 Å². The minimum absolute atomic E-state index is 0.309. The van der Waals surface area contributed by atoms with Crippen molar-refractivity contribution in [1.82, 2.24) is 10.9 Å². The number of rotatable bonds is 13. The lowest BCUT2D eigenvalue weighted by Crippen LogP contribution is -2.17. The van der Waals surface area contributed by atoms with E-state index in [1.165, 1.54) is 0 Å². The van der Waals surface area contributed by atoms with Crippen LogP contribution in [0.4, 0.5) is 0 Å². The Labute approximate surface area is 245 Å². The molecule has 0 saturated heterocycles. The molecule has 0 unspecified atom stereocenters. The van der Waals surface area contributed by atoms with Gasteiger partial charge in [0.2, 0.25) is 0 Å². The molecule has 0 radical (unpaired) electrons. The Hall–Kier alpha value is -5.50. The van der Waals surface area contributed by atoms with Crippen LogP contribution in [0.2, 0.25) is 0 Å². The highest BCUT2D eigenvalue weighted by Gasteiger charge is 2.08. The third-order valence-electron chi connectivity index (χ3n) is 6.10. The quantitative estimate of drug-likeness (QED) is 0.148. The molecule has 3 aromatic rings. The van der Waals surface area contributed by atoms with Crippen molar-refractivity contribution in [1.29, 1.82) is 0 Å². The number of carbonyl (C=O) groups excluding carboxylic acids is 2. The molecule has 4 rings (SSSR count). The van der Waals surface area contributed by atoms with Crippen molar-refractivity contribution in [2.24, 2.45) is 10.2 Å². The van der Waals surface area contributed by atoms with Crippen LogP contribution < -0.4 is 15.6 Å². The summed E-state index contributed by atoms with van der Waals surface area (Å²) in [6.45, 7) is 8.13. The van der Waals surface area contributed by atoms with Crippen molar-refractivity contribution >= 4 is 24.2 Å². The van der Waals surface area contributed by atoms with Crippen LogP contribution >= 0.6 is 0 Å². The molecule has 1 aliphatic rings. The number of allylic oxidation sites excluding steroid dienone is 3. The van der Waals surface area contributed by atoms with E-state index in [1.54, 1.807) is 48.8 Å². The molecule has 8 heteroatoms. The maximum absolute atomic E-state index is 12.5. The highest BCUT2D eigenvalue weighted by Crippen LogP contribution is 2.21. The van der Waals surface area contributed by atoms with E-state index in [9.17, 15) is 9.59 Å². The van der Waals surface area contributed by atoms with Crippen molar-refractivity contribution in [3.8, 4) is 16.9 Å². The number of carbonyl (C=O) groups is 2. The molecule has 3 aromatic carbocycles. The van der Waals surface area contributed by atoms with E-state index in [4.69, 9.17) is 9.47 Å². The lowest BCUT2D eigenvalue weighted by atomic mass is 10.0. The van der Waals surface area contributed by atoms with Gasteiger partial charge in [-0.05, 0) is 83.7 Å². The number of hydrazone groups is 2. The molecule has 0 bridgehead atoms. The maximum atomic E-state index is 12.5. The minimum Gasteiger partial charge on any atom is -0.490 e. The summed E-state index contributed by atoms with van der Waals surface area (Å²) < 4.78 is 11.1. The number of hydrogen-bond donors (Lipinski definition) is 2. The van der Waals surface area contributed by atoms with Crippen LogP contribution in [-0.4, -0.2) is 37.5 Å². The molecule has 2 N–H and O–H groups in total. The highest BCUT2D eigenvalue weighted by atomic mass is 16.5. The van der Waals surface area contributed by atoms with Gasteiger partial charge in [0.15, 0.2) is 0 Å². The van der Waals surface area contributed by atoms with Gasteiger partial charge < -0.3 is 9.47 Å². The Morgan fingerprint density at radius 2 is 1.38 bits per heavy atom. The summed E-state index contributed by atoms with van der Waals surface area (Å²) in [6.07, 6.45) is 12.1. The van der Waals surface area contributed by atoms with Gasteiger partial charge in [-0.2, -0.15) is 10.2 Å². The SMILES string of the molecule is C=CCOC1=CCCC(/C=N/NC(=O)c2ccc(-c3ccc(C(=O)N/N=C/c4cccc(OCC=C)c4)cc3)cc2)=C1. The number of nitrogens with zero attached hydrogens (tertiary/aromatic N) is 2. The fourth-order valence-electron chi connectivity index (χ4n) is 3.99. The molecule has 8 nitrogen and oxygen atoms in total. The minimum atomic E-state index is -0.329. The van der Waals surface area contributed by atoms with E-state index >= 15 is 0 Å². The van der Waals surface area contributed by atoms with Crippen molar-refractivity contribution in [3.63, 3.8) is 0 Å². The monoisotopic (exact) mass is 560 g/mol. The molecule has 0 spiro atoms. The van der Waals surface area contributed by atoms with E-state index in [-0.39, 0.29) is 11.8 Å². The van der Waals surface area contributed by atoms with Gasteiger partial charge in [0.25, 0.3) is 11.8 Å². The fourth-order valence-corrected chi connectivity index (χ4v) is 3.99. The predicted octanol–water partition coefficient (Wildman–Crippen LogP) is 6.20. The van der Waals surface area contributed by atoms with Crippen LogP contribution in [0.5, 0.6) is 5.75 Å². The first-order valence-corrected chi connectivity index (χ1v) is 13.4. The third-order valence-corrected chi connectivity index (χ3v) is 6.10. The second kappa shape index (κ2) is 15.3. The number of nitrogens with one attached hydrogen (secondary N) is 2. The Bertz CT molecular complexity index is 1530. The molecule has 0 aromatic heterocycles. The lowest BCUT2D eigenvalue weighted by molar-refractivity contribution is 0.0947. The first-order chi connectivity index (χ1) is 20.6. The summed E-state index contributed by atoms with van der Waals surface area (Å²) in [5.74, 6) is 0.832. The number of hydrogen-bond acceptors (Lipinski definition) is 6. The third kappa shape index (κ3) is 8.76. The van der Waals surface area contributed by atoms with Gasteiger partial charge in [0, 0.05) is 11.1 Å². The summed E-state index contributed by atoms with van der Waals surface area (Å²) in [5.41, 5.74) is 9.63. The first kappa shape index (κ1) is 29.5. The Balaban J connectivity index is 1.28. The normalized spacial score (nSPS) is 12.8. The van der Waals surface area contributed by atoms with E-state index < -0.39 is 0 Å². The summed E-state index contributed by atoms with van der Waals surface area (Å²) in [6, 6.07) is 21.7. The van der Waals surface area contributed by atoms with Gasteiger partial charge in [-0.1, -0.05) is 61.7 Å². The maximum Gasteiger partial charge on any atom is 0.271 e. The molecule has 1 aliphatic carbocycles. The molecule has 0 saturated carbocycles. The standard InChI is InChI=1S/C34H32N4O4/c1-3-19-41-31-9-5-7-25(21-31)23-35-37-33(39)29-15-11-27(12-16-29)28-13-17-30(18-14-28)34(40)38-36-24-26-8-6-10-32(22-26)42-20-4-2/h3-5,7,9-18,21-24H,1-2,6,8,19-20H2,(H,37,39)(H,38,40)/b35-23+,36-24+. The van der Waals surface area contributed by atoms with Crippen molar-refractivity contribution < 1.29 is 19.1 Å². The summed E-state index contributed by atoms with van der Waals surface area (Å²) >= 11 is 0.